The van der Waals surface area contributed by atoms with Crippen molar-refractivity contribution in [3.05, 3.63) is 0 Å². The molecule has 0 aromatic heterocycles. The molecule has 0 aromatic rings. The predicted molar refractivity (Wildman–Crippen MR) is 93.0 cm³/mol. The summed E-state index contributed by atoms with van der Waals surface area (Å²) in [5.74, 6) is 1.56. The van der Waals surface area contributed by atoms with Crippen molar-refractivity contribution in [1.29, 1.82) is 0 Å². The summed E-state index contributed by atoms with van der Waals surface area (Å²) >= 11 is 0. The van der Waals surface area contributed by atoms with Gasteiger partial charge in [-0.05, 0) is 43.4 Å². The molecule has 0 bridgehead atoms. The van der Waals surface area contributed by atoms with Crippen LogP contribution in [0, 0.1) is 11.3 Å². The molecule has 7 heteroatoms. The van der Waals surface area contributed by atoms with Gasteiger partial charge in [0.05, 0.1) is 6.26 Å². The lowest BCUT2D eigenvalue weighted by atomic mass is 9.68. The van der Waals surface area contributed by atoms with E-state index in [2.05, 4.69) is 15.2 Å². The Bertz CT molecular complexity index is 548. The van der Waals surface area contributed by atoms with Gasteiger partial charge in [-0.1, -0.05) is 6.42 Å². The average molecular weight is 343 g/mol. The molecule has 0 atom stereocenters. The lowest BCUT2D eigenvalue weighted by molar-refractivity contribution is 0.151. The summed E-state index contributed by atoms with van der Waals surface area (Å²) < 4.78 is 24.7. The Hall–Kier alpha value is -0.820. The van der Waals surface area contributed by atoms with E-state index < -0.39 is 10.0 Å². The predicted octanol–water partition coefficient (Wildman–Crippen LogP) is 1.11. The van der Waals surface area contributed by atoms with E-state index in [0.29, 0.717) is 24.4 Å². The van der Waals surface area contributed by atoms with E-state index in [0.717, 1.165) is 38.4 Å². The minimum atomic E-state index is -3.03. The second-order valence-electron chi connectivity index (χ2n) is 7.56. The molecule has 3 fully saturated rings. The first-order valence-corrected chi connectivity index (χ1v) is 10.7. The van der Waals surface area contributed by atoms with Crippen LogP contribution in [-0.2, 0) is 10.0 Å². The van der Waals surface area contributed by atoms with Gasteiger partial charge < -0.3 is 10.2 Å². The first-order valence-electron chi connectivity index (χ1n) is 8.83. The molecule has 3 rings (SSSR count). The van der Waals surface area contributed by atoms with Crippen LogP contribution in [0.5, 0.6) is 0 Å². The Balaban J connectivity index is 1.45. The minimum Gasteiger partial charge on any atom is -0.356 e. The lowest BCUT2D eigenvalue weighted by Gasteiger charge is -2.38. The molecule has 23 heavy (non-hydrogen) atoms. The Morgan fingerprint density at radius 1 is 1.22 bits per heavy atom. The van der Waals surface area contributed by atoms with Gasteiger partial charge in [0.25, 0.3) is 0 Å². The summed E-state index contributed by atoms with van der Waals surface area (Å²) in [6, 6.07) is 0. The van der Waals surface area contributed by atoms with Crippen LogP contribution in [0.25, 0.3) is 0 Å². The average Bonchev–Trinajstić information content (AvgIpc) is 2.93. The van der Waals surface area contributed by atoms with Gasteiger partial charge in [-0.15, -0.1) is 0 Å². The zero-order valence-corrected chi connectivity index (χ0v) is 15.2. The summed E-state index contributed by atoms with van der Waals surface area (Å²) in [5, 5.41) is 3.53. The molecular weight excluding hydrogens is 312 g/mol. The van der Waals surface area contributed by atoms with Crippen LogP contribution < -0.4 is 5.32 Å². The minimum absolute atomic E-state index is 0.532. The molecular formula is C16H30N4O2S. The highest BCUT2D eigenvalue weighted by molar-refractivity contribution is 7.88. The summed E-state index contributed by atoms with van der Waals surface area (Å²) in [4.78, 5) is 6.87. The van der Waals surface area contributed by atoms with Gasteiger partial charge in [0, 0.05) is 39.8 Å². The molecule has 1 N–H and O–H groups in total. The Morgan fingerprint density at radius 3 is 2.39 bits per heavy atom. The zero-order valence-electron chi connectivity index (χ0n) is 14.4. The molecule has 2 aliphatic heterocycles. The number of hydrogen-bond donors (Lipinski definition) is 1. The van der Waals surface area contributed by atoms with Gasteiger partial charge >= 0.3 is 0 Å². The van der Waals surface area contributed by atoms with Crippen LogP contribution in [0.4, 0.5) is 0 Å². The van der Waals surface area contributed by atoms with E-state index >= 15 is 0 Å². The number of guanidine groups is 1. The van der Waals surface area contributed by atoms with Crippen LogP contribution in [-0.4, -0.2) is 69.6 Å². The summed E-state index contributed by atoms with van der Waals surface area (Å²) in [6.45, 7) is 4.46. The standard InChI is InChI=1S/C16H30N4O2S/c1-17-15(19-11-8-16(13-19)6-3-7-16)18-12-14-4-9-20(10-5-14)23(2,21)22/h14H,3-13H2,1-2H3,(H,17,18). The number of hydrogen-bond acceptors (Lipinski definition) is 3. The Labute approximate surface area is 140 Å². The van der Waals surface area contributed by atoms with E-state index in [-0.39, 0.29) is 0 Å². The van der Waals surface area contributed by atoms with Gasteiger partial charge in [0.1, 0.15) is 0 Å². The number of piperidine rings is 1. The topological polar surface area (TPSA) is 65.0 Å². The highest BCUT2D eigenvalue weighted by atomic mass is 32.2. The number of aliphatic imine (C=N–C) groups is 1. The fourth-order valence-corrected chi connectivity index (χ4v) is 5.09. The maximum atomic E-state index is 11.6. The molecule has 1 saturated carbocycles. The number of likely N-dealkylation sites (tertiary alicyclic amines) is 1. The van der Waals surface area contributed by atoms with Crippen LogP contribution >= 0.6 is 0 Å². The van der Waals surface area contributed by atoms with Gasteiger partial charge in [-0.3, -0.25) is 4.99 Å². The zero-order chi connectivity index (χ0) is 16.5. The number of sulfonamides is 1. The van der Waals surface area contributed by atoms with Crippen molar-refractivity contribution >= 4 is 16.0 Å². The third-order valence-electron chi connectivity index (χ3n) is 5.96. The first kappa shape index (κ1) is 17.0. The highest BCUT2D eigenvalue weighted by Crippen LogP contribution is 2.47. The van der Waals surface area contributed by atoms with Gasteiger partial charge in [0.2, 0.25) is 10.0 Å². The molecule has 132 valence electrons. The first-order chi connectivity index (χ1) is 10.9. The molecule has 0 radical (unpaired) electrons. The fourth-order valence-electron chi connectivity index (χ4n) is 4.21. The van der Waals surface area contributed by atoms with Crippen molar-refractivity contribution in [2.45, 2.75) is 38.5 Å². The van der Waals surface area contributed by atoms with Crippen molar-refractivity contribution in [2.24, 2.45) is 16.3 Å². The molecule has 0 aromatic carbocycles. The summed E-state index contributed by atoms with van der Waals surface area (Å²) in [5.41, 5.74) is 0.582. The van der Waals surface area contributed by atoms with Crippen molar-refractivity contribution in [3.8, 4) is 0 Å². The van der Waals surface area contributed by atoms with Crippen LogP contribution in [0.3, 0.4) is 0 Å². The summed E-state index contributed by atoms with van der Waals surface area (Å²) in [7, 11) is -1.17. The second kappa shape index (κ2) is 6.59. The highest BCUT2D eigenvalue weighted by Gasteiger charge is 2.43. The van der Waals surface area contributed by atoms with E-state index in [1.807, 2.05) is 7.05 Å². The van der Waals surface area contributed by atoms with E-state index in [4.69, 9.17) is 0 Å². The lowest BCUT2D eigenvalue weighted by Crippen LogP contribution is -2.46. The molecule has 1 spiro atoms. The molecule has 6 nitrogen and oxygen atoms in total. The monoisotopic (exact) mass is 342 g/mol. The smallest absolute Gasteiger partial charge is 0.211 e. The second-order valence-corrected chi connectivity index (χ2v) is 9.54. The number of nitrogens with zero attached hydrogens (tertiary/aromatic N) is 3. The largest absolute Gasteiger partial charge is 0.356 e. The van der Waals surface area contributed by atoms with Crippen molar-refractivity contribution in [2.75, 3.05) is 46.0 Å². The van der Waals surface area contributed by atoms with Crippen molar-refractivity contribution in [1.82, 2.24) is 14.5 Å². The number of rotatable bonds is 3. The van der Waals surface area contributed by atoms with Crippen LogP contribution in [0.1, 0.15) is 38.5 Å². The Kier molecular flexibility index (Phi) is 4.88. The van der Waals surface area contributed by atoms with E-state index in [1.165, 1.54) is 31.9 Å². The quantitative estimate of drug-likeness (QED) is 0.616. The van der Waals surface area contributed by atoms with Crippen LogP contribution in [0.2, 0.25) is 0 Å². The number of nitrogens with one attached hydrogen (secondary N) is 1. The van der Waals surface area contributed by atoms with Gasteiger partial charge in [0.15, 0.2) is 5.96 Å². The van der Waals surface area contributed by atoms with Crippen molar-refractivity contribution in [3.63, 3.8) is 0 Å². The normalized spacial score (nSPS) is 26.5. The van der Waals surface area contributed by atoms with Crippen LogP contribution in [0.15, 0.2) is 4.99 Å². The molecule has 2 heterocycles. The van der Waals surface area contributed by atoms with Crippen molar-refractivity contribution < 1.29 is 8.42 Å². The third-order valence-corrected chi connectivity index (χ3v) is 7.26. The van der Waals surface area contributed by atoms with Gasteiger partial charge in [-0.25, -0.2) is 12.7 Å². The van der Waals surface area contributed by atoms with E-state index in [1.54, 1.807) is 4.31 Å². The fraction of sp³-hybridized carbons (Fsp3) is 0.938. The maximum absolute atomic E-state index is 11.6. The molecule has 1 aliphatic carbocycles. The Morgan fingerprint density at radius 2 is 1.91 bits per heavy atom. The van der Waals surface area contributed by atoms with E-state index in [9.17, 15) is 8.42 Å². The molecule has 2 saturated heterocycles. The maximum Gasteiger partial charge on any atom is 0.211 e. The molecule has 0 amide bonds. The third kappa shape index (κ3) is 3.82. The van der Waals surface area contributed by atoms with Gasteiger partial charge in [-0.2, -0.15) is 0 Å². The summed E-state index contributed by atoms with van der Waals surface area (Å²) in [6.07, 6.45) is 8.62. The SMILES string of the molecule is CN=C(NCC1CCN(S(C)(=O)=O)CC1)N1CCC2(CCC2)C1. The molecule has 0 unspecified atom stereocenters. The molecule has 3 aliphatic rings.